The summed E-state index contributed by atoms with van der Waals surface area (Å²) in [6.45, 7) is 0.396. The summed E-state index contributed by atoms with van der Waals surface area (Å²) in [6.07, 6.45) is 9.74. The third kappa shape index (κ3) is 1.04. The zero-order chi connectivity index (χ0) is 11.4. The van der Waals surface area contributed by atoms with Crippen molar-refractivity contribution in [2.24, 2.45) is 0 Å². The third-order valence-electron chi connectivity index (χ3n) is 3.46. The monoisotopic (exact) mass is 226 g/mol. The lowest BCUT2D eigenvalue weighted by Gasteiger charge is -2.17. The Morgan fingerprint density at radius 1 is 1.35 bits per heavy atom. The molecule has 0 amide bonds. The van der Waals surface area contributed by atoms with Crippen molar-refractivity contribution in [3.8, 4) is 0 Å². The second-order valence-corrected chi connectivity index (χ2v) is 4.34. The van der Waals surface area contributed by atoms with Crippen molar-refractivity contribution in [3.63, 3.8) is 0 Å². The number of hydrogen-bond acceptors (Lipinski definition) is 4. The summed E-state index contributed by atoms with van der Waals surface area (Å²) in [6, 6.07) is 0.0788. The highest BCUT2D eigenvalue weighted by molar-refractivity contribution is 5.96. The quantitative estimate of drug-likeness (QED) is 0.595. The summed E-state index contributed by atoms with van der Waals surface area (Å²) >= 11 is 0. The Morgan fingerprint density at radius 3 is 3.24 bits per heavy atom. The molecule has 0 aromatic rings. The van der Waals surface area contributed by atoms with Crippen molar-refractivity contribution in [1.82, 2.24) is 10.6 Å². The Morgan fingerprint density at radius 2 is 2.29 bits per heavy atom. The number of nitrogens with one attached hydrogen (secondary N) is 2. The smallest absolute Gasteiger partial charge is 0.338 e. The van der Waals surface area contributed by atoms with E-state index >= 15 is 0 Å². The van der Waals surface area contributed by atoms with Gasteiger partial charge in [0.1, 0.15) is 6.61 Å². The summed E-state index contributed by atoms with van der Waals surface area (Å²) in [7, 11) is 0. The fraction of sp³-hybridized carbons (Fsp3) is 0.154. The van der Waals surface area contributed by atoms with Gasteiger partial charge < -0.3 is 15.4 Å². The van der Waals surface area contributed by atoms with Crippen LogP contribution >= 0.6 is 0 Å². The Balaban J connectivity index is 1.86. The molecule has 84 valence electrons. The summed E-state index contributed by atoms with van der Waals surface area (Å²) in [4.78, 5) is 11.5. The van der Waals surface area contributed by atoms with Gasteiger partial charge in [-0.25, -0.2) is 4.79 Å². The average Bonchev–Trinajstić information content (AvgIpc) is 2.90. The number of rotatable bonds is 0. The highest BCUT2D eigenvalue weighted by Crippen LogP contribution is 2.36. The minimum absolute atomic E-state index is 0.0788. The molecular weight excluding hydrogens is 216 g/mol. The second kappa shape index (κ2) is 2.91. The maximum Gasteiger partial charge on any atom is 0.338 e. The Bertz CT molecular complexity index is 591. The molecule has 0 fully saturated rings. The molecule has 4 nitrogen and oxygen atoms in total. The number of cyclic esters (lactones) is 1. The third-order valence-corrected chi connectivity index (χ3v) is 3.46. The molecule has 17 heavy (non-hydrogen) atoms. The van der Waals surface area contributed by atoms with Crippen LogP contribution in [-0.4, -0.2) is 18.6 Å². The molecule has 0 bridgehead atoms. The molecule has 1 unspecified atom stereocenters. The van der Waals surface area contributed by atoms with Crippen LogP contribution in [0.2, 0.25) is 0 Å². The molecular formula is C13H10N2O2. The van der Waals surface area contributed by atoms with Gasteiger partial charge in [-0.05, 0) is 18.2 Å². The molecule has 4 rings (SSSR count). The van der Waals surface area contributed by atoms with Crippen LogP contribution < -0.4 is 10.6 Å². The van der Waals surface area contributed by atoms with Crippen molar-refractivity contribution >= 4 is 5.97 Å². The molecule has 0 radical (unpaired) electrons. The number of ether oxygens (including phenoxy) is 1. The van der Waals surface area contributed by atoms with Gasteiger partial charge in [0.05, 0.1) is 23.0 Å². The van der Waals surface area contributed by atoms with Gasteiger partial charge in [-0.3, -0.25) is 0 Å². The zero-order valence-electron chi connectivity index (χ0n) is 8.99. The molecule has 1 atom stereocenters. The number of hydrogen-bond donors (Lipinski definition) is 2. The van der Waals surface area contributed by atoms with Gasteiger partial charge in [0.2, 0.25) is 0 Å². The first kappa shape index (κ1) is 8.87. The molecule has 0 spiro atoms. The predicted octanol–water partition coefficient (Wildman–Crippen LogP) is 0.636. The molecule has 0 aromatic carbocycles. The van der Waals surface area contributed by atoms with Crippen LogP contribution in [0.5, 0.6) is 0 Å². The van der Waals surface area contributed by atoms with E-state index in [9.17, 15) is 4.79 Å². The van der Waals surface area contributed by atoms with E-state index in [-0.39, 0.29) is 12.0 Å². The van der Waals surface area contributed by atoms with E-state index in [1.54, 1.807) is 0 Å². The molecule has 3 heterocycles. The second-order valence-electron chi connectivity index (χ2n) is 4.34. The number of carbonyl (C=O) groups excluding carboxylic acids is 1. The molecule has 0 aromatic heterocycles. The lowest BCUT2D eigenvalue weighted by atomic mass is 9.91. The fourth-order valence-corrected chi connectivity index (χ4v) is 2.64. The Kier molecular flexibility index (Phi) is 1.52. The van der Waals surface area contributed by atoms with Crippen molar-refractivity contribution in [2.75, 3.05) is 6.61 Å². The van der Waals surface area contributed by atoms with Gasteiger partial charge in [0, 0.05) is 17.3 Å². The predicted molar refractivity (Wildman–Crippen MR) is 61.4 cm³/mol. The molecule has 4 heteroatoms. The van der Waals surface area contributed by atoms with E-state index in [1.807, 2.05) is 30.5 Å². The maximum atomic E-state index is 11.5. The number of esters is 1. The maximum absolute atomic E-state index is 11.5. The number of allylic oxidation sites excluding steroid dienone is 2. The molecule has 0 saturated carbocycles. The van der Waals surface area contributed by atoms with Crippen LogP contribution in [0.3, 0.4) is 0 Å². The van der Waals surface area contributed by atoms with Crippen LogP contribution in [0.25, 0.3) is 0 Å². The lowest BCUT2D eigenvalue weighted by molar-refractivity contribution is -0.135. The summed E-state index contributed by atoms with van der Waals surface area (Å²) in [5, 5.41) is 6.66. The van der Waals surface area contributed by atoms with Crippen LogP contribution in [-0.2, 0) is 9.53 Å². The molecule has 4 aliphatic rings. The highest BCUT2D eigenvalue weighted by atomic mass is 16.5. The number of fused-ring (bicyclic) bond motifs is 3. The summed E-state index contributed by atoms with van der Waals surface area (Å²) in [5.74, 6) is -0.211. The van der Waals surface area contributed by atoms with Crippen molar-refractivity contribution in [1.29, 1.82) is 0 Å². The summed E-state index contributed by atoms with van der Waals surface area (Å²) in [5.41, 5.74) is 5.10. The first-order valence-electron chi connectivity index (χ1n) is 5.57. The number of carbonyl (C=O) groups is 1. The van der Waals surface area contributed by atoms with Crippen LogP contribution in [0.15, 0.2) is 58.6 Å². The first-order chi connectivity index (χ1) is 8.34. The van der Waals surface area contributed by atoms with Gasteiger partial charge in [0.15, 0.2) is 0 Å². The van der Waals surface area contributed by atoms with E-state index < -0.39 is 0 Å². The normalized spacial score (nSPS) is 28.1. The van der Waals surface area contributed by atoms with Gasteiger partial charge in [-0.15, -0.1) is 0 Å². The van der Waals surface area contributed by atoms with E-state index in [0.717, 1.165) is 17.0 Å². The van der Waals surface area contributed by atoms with Gasteiger partial charge in [-0.1, -0.05) is 6.08 Å². The molecule has 1 aliphatic carbocycles. The Labute approximate surface area is 98.0 Å². The molecule has 3 aliphatic heterocycles. The van der Waals surface area contributed by atoms with Crippen molar-refractivity contribution in [2.45, 2.75) is 6.04 Å². The van der Waals surface area contributed by atoms with Crippen molar-refractivity contribution in [3.05, 3.63) is 58.6 Å². The molecule has 0 saturated heterocycles. The zero-order valence-corrected chi connectivity index (χ0v) is 8.99. The van der Waals surface area contributed by atoms with E-state index in [2.05, 4.69) is 10.6 Å². The van der Waals surface area contributed by atoms with Crippen LogP contribution in [0, 0.1) is 0 Å². The van der Waals surface area contributed by atoms with Crippen LogP contribution in [0.4, 0.5) is 0 Å². The van der Waals surface area contributed by atoms with Gasteiger partial charge in [-0.2, -0.15) is 0 Å². The van der Waals surface area contributed by atoms with E-state index in [4.69, 9.17) is 4.74 Å². The highest BCUT2D eigenvalue weighted by Gasteiger charge is 2.38. The largest absolute Gasteiger partial charge is 0.457 e. The van der Waals surface area contributed by atoms with Crippen LogP contribution in [0.1, 0.15) is 0 Å². The standard InChI is InChI=1S/C13H10N2O2/c16-13-7-3-4-8-11(9(7)6-17-13)15-10-2-1-5-14-12(8)10/h1-5,11,14-15H,6H2. The topological polar surface area (TPSA) is 50.4 Å². The lowest BCUT2D eigenvalue weighted by Crippen LogP contribution is -2.28. The van der Waals surface area contributed by atoms with Crippen molar-refractivity contribution < 1.29 is 9.53 Å². The number of dihydropyridines is 1. The van der Waals surface area contributed by atoms with Gasteiger partial charge >= 0.3 is 5.97 Å². The minimum atomic E-state index is -0.211. The summed E-state index contributed by atoms with van der Waals surface area (Å²) < 4.78 is 5.08. The SMILES string of the molecule is O=C1OCC2=C1C=CC1=C3NC=CC=C3NC12. The first-order valence-corrected chi connectivity index (χ1v) is 5.57. The van der Waals surface area contributed by atoms with E-state index in [1.165, 1.54) is 5.57 Å². The molecule has 2 N–H and O–H groups in total. The van der Waals surface area contributed by atoms with Gasteiger partial charge in [0.25, 0.3) is 0 Å². The fourth-order valence-electron chi connectivity index (χ4n) is 2.64. The Hall–Kier alpha value is -2.23. The van der Waals surface area contributed by atoms with E-state index in [0.29, 0.717) is 12.2 Å². The average molecular weight is 226 g/mol. The minimum Gasteiger partial charge on any atom is -0.457 e.